The minimum Gasteiger partial charge on any atom is -0.481 e. The molecular weight excluding hydrogens is 544 g/mol. The van der Waals surface area contributed by atoms with Gasteiger partial charge < -0.3 is 9.84 Å². The van der Waals surface area contributed by atoms with Gasteiger partial charge in [0.05, 0.1) is 0 Å². The lowest BCUT2D eigenvalue weighted by Gasteiger charge is -2.18. The zero-order chi connectivity index (χ0) is 32.2. The number of hydrogen-bond acceptors (Lipinski definition) is 3. The number of hydrogen-bond donors (Lipinski definition) is 1. The predicted octanol–water partition coefficient (Wildman–Crippen LogP) is 13.7. The normalized spacial score (nSPS) is 12.0. The maximum Gasteiger partial charge on any atom is 0.306 e. The molecule has 0 spiro atoms. The first kappa shape index (κ1) is 42.9. The van der Waals surface area contributed by atoms with E-state index in [9.17, 15) is 9.59 Å². The summed E-state index contributed by atoms with van der Waals surface area (Å²) in [7, 11) is 0. The van der Waals surface area contributed by atoms with E-state index in [1.165, 1.54) is 180 Å². The van der Waals surface area contributed by atoms with Crippen molar-refractivity contribution >= 4 is 11.9 Å². The number of carboxylic acids is 1. The Labute approximate surface area is 275 Å². The van der Waals surface area contributed by atoms with Crippen LogP contribution in [-0.2, 0) is 14.3 Å². The molecule has 0 saturated carbocycles. The van der Waals surface area contributed by atoms with E-state index in [0.717, 1.165) is 32.1 Å². The van der Waals surface area contributed by atoms with Crippen molar-refractivity contribution in [3.63, 3.8) is 0 Å². The van der Waals surface area contributed by atoms with Gasteiger partial charge in [-0.1, -0.05) is 187 Å². The molecule has 0 saturated heterocycles. The molecule has 0 aliphatic carbocycles. The van der Waals surface area contributed by atoms with E-state index in [-0.39, 0.29) is 12.1 Å². The fraction of sp³-hybridized carbons (Fsp3) is 0.950. The number of ether oxygens (including phenoxy) is 1. The number of carbonyl (C=O) groups is 2. The van der Waals surface area contributed by atoms with Gasteiger partial charge in [-0.15, -0.1) is 0 Å². The minimum absolute atomic E-state index is 0.0479. The van der Waals surface area contributed by atoms with Crippen LogP contribution in [-0.4, -0.2) is 23.1 Å². The van der Waals surface area contributed by atoms with Gasteiger partial charge in [-0.05, 0) is 38.5 Å². The first-order valence-electron chi connectivity index (χ1n) is 20.0. The van der Waals surface area contributed by atoms with E-state index in [0.29, 0.717) is 12.8 Å². The van der Waals surface area contributed by atoms with E-state index in [2.05, 4.69) is 13.8 Å². The van der Waals surface area contributed by atoms with Gasteiger partial charge >= 0.3 is 11.9 Å². The van der Waals surface area contributed by atoms with Gasteiger partial charge in [-0.25, -0.2) is 0 Å². The Balaban J connectivity index is 3.75. The number of unbranched alkanes of at least 4 members (excludes halogenated alkanes) is 28. The highest BCUT2D eigenvalue weighted by atomic mass is 16.5. The SMILES string of the molecule is CCCCCCCCCCCCCCCC(=O)OC(CCCCCC)CCCCCCCCCCCCCCCCC(=O)O. The largest absolute Gasteiger partial charge is 0.481 e. The molecule has 262 valence electrons. The molecule has 0 fully saturated rings. The fourth-order valence-corrected chi connectivity index (χ4v) is 6.36. The van der Waals surface area contributed by atoms with Crippen LogP contribution in [0.2, 0.25) is 0 Å². The molecule has 44 heavy (non-hydrogen) atoms. The van der Waals surface area contributed by atoms with Crippen LogP contribution in [0.4, 0.5) is 0 Å². The standard InChI is InChI=1S/C40H78O4/c1-3-5-7-9-10-11-12-15-20-23-26-29-33-37-40(43)44-38(34-30-8-6-4-2)35-31-27-24-21-18-16-13-14-17-19-22-25-28-32-36-39(41)42/h38H,3-37H2,1-2H3,(H,41,42). The molecule has 1 N–H and O–H groups in total. The molecule has 0 aliphatic rings. The number of aliphatic carboxylic acids is 1. The average molecular weight is 623 g/mol. The maximum absolute atomic E-state index is 12.6. The van der Waals surface area contributed by atoms with Crippen LogP contribution in [0, 0.1) is 0 Å². The van der Waals surface area contributed by atoms with E-state index in [4.69, 9.17) is 9.84 Å². The van der Waals surface area contributed by atoms with Crippen molar-refractivity contribution in [1.82, 2.24) is 0 Å². The van der Waals surface area contributed by atoms with Crippen LogP contribution >= 0.6 is 0 Å². The van der Waals surface area contributed by atoms with Gasteiger partial charge in [0.1, 0.15) is 6.10 Å². The summed E-state index contributed by atoms with van der Waals surface area (Å²) in [4.78, 5) is 23.1. The summed E-state index contributed by atoms with van der Waals surface area (Å²) in [5.41, 5.74) is 0. The Morgan fingerprint density at radius 1 is 0.409 bits per heavy atom. The number of esters is 1. The van der Waals surface area contributed by atoms with Gasteiger partial charge in [-0.3, -0.25) is 9.59 Å². The summed E-state index contributed by atoms with van der Waals surface area (Å²) in [6.07, 6.45) is 43.0. The molecule has 0 bridgehead atoms. The van der Waals surface area contributed by atoms with Crippen LogP contribution in [0.1, 0.15) is 239 Å². The second-order valence-corrected chi connectivity index (χ2v) is 13.8. The summed E-state index contributed by atoms with van der Waals surface area (Å²) >= 11 is 0. The van der Waals surface area contributed by atoms with Crippen molar-refractivity contribution in [3.8, 4) is 0 Å². The Morgan fingerprint density at radius 3 is 1.02 bits per heavy atom. The quantitative estimate of drug-likeness (QED) is 0.0553. The molecule has 0 amide bonds. The molecule has 0 aromatic heterocycles. The highest BCUT2D eigenvalue weighted by Gasteiger charge is 2.14. The van der Waals surface area contributed by atoms with Gasteiger partial charge in [-0.2, -0.15) is 0 Å². The van der Waals surface area contributed by atoms with Crippen LogP contribution in [0.5, 0.6) is 0 Å². The molecule has 0 heterocycles. The third-order valence-corrected chi connectivity index (χ3v) is 9.33. The van der Waals surface area contributed by atoms with E-state index >= 15 is 0 Å². The lowest BCUT2D eigenvalue weighted by atomic mass is 10.0. The number of rotatable bonds is 37. The second kappa shape index (κ2) is 36.4. The summed E-state index contributed by atoms with van der Waals surface area (Å²) in [6.45, 7) is 4.54. The Kier molecular flexibility index (Phi) is 35.5. The predicted molar refractivity (Wildman–Crippen MR) is 190 cm³/mol. The third-order valence-electron chi connectivity index (χ3n) is 9.33. The first-order chi connectivity index (χ1) is 21.6. The molecule has 0 aromatic rings. The smallest absolute Gasteiger partial charge is 0.306 e. The summed E-state index contributed by atoms with van der Waals surface area (Å²) < 4.78 is 6.00. The van der Waals surface area contributed by atoms with Crippen LogP contribution < -0.4 is 0 Å². The summed E-state index contributed by atoms with van der Waals surface area (Å²) in [6, 6.07) is 0. The van der Waals surface area contributed by atoms with Gasteiger partial charge in [0, 0.05) is 12.8 Å². The molecule has 1 unspecified atom stereocenters. The first-order valence-corrected chi connectivity index (χ1v) is 20.0. The van der Waals surface area contributed by atoms with Crippen LogP contribution in [0.25, 0.3) is 0 Å². The van der Waals surface area contributed by atoms with Crippen LogP contribution in [0.3, 0.4) is 0 Å². The summed E-state index contributed by atoms with van der Waals surface area (Å²) in [5.74, 6) is -0.616. The van der Waals surface area contributed by atoms with Crippen molar-refractivity contribution in [1.29, 1.82) is 0 Å². The maximum atomic E-state index is 12.6. The Bertz CT molecular complexity index is 590. The van der Waals surface area contributed by atoms with E-state index < -0.39 is 5.97 Å². The summed E-state index contributed by atoms with van der Waals surface area (Å²) in [5, 5.41) is 8.67. The second-order valence-electron chi connectivity index (χ2n) is 13.8. The van der Waals surface area contributed by atoms with Crippen molar-refractivity contribution < 1.29 is 19.4 Å². The molecule has 0 aliphatic heterocycles. The topological polar surface area (TPSA) is 63.6 Å². The third kappa shape index (κ3) is 35.4. The Hall–Kier alpha value is -1.06. The highest BCUT2D eigenvalue weighted by molar-refractivity contribution is 5.69. The molecule has 0 radical (unpaired) electrons. The monoisotopic (exact) mass is 623 g/mol. The van der Waals surface area contributed by atoms with Crippen molar-refractivity contribution in [3.05, 3.63) is 0 Å². The van der Waals surface area contributed by atoms with E-state index in [1.807, 2.05) is 0 Å². The number of carbonyl (C=O) groups excluding carboxylic acids is 1. The Morgan fingerprint density at radius 2 is 0.682 bits per heavy atom. The molecule has 4 heteroatoms. The minimum atomic E-state index is -0.664. The van der Waals surface area contributed by atoms with Crippen molar-refractivity contribution in [2.75, 3.05) is 0 Å². The zero-order valence-electron chi connectivity index (χ0n) is 30.0. The molecular formula is C40H78O4. The van der Waals surface area contributed by atoms with E-state index in [1.54, 1.807) is 0 Å². The van der Waals surface area contributed by atoms with Crippen molar-refractivity contribution in [2.45, 2.75) is 245 Å². The molecule has 1 atom stereocenters. The average Bonchev–Trinajstić information content (AvgIpc) is 3.01. The lowest BCUT2D eigenvalue weighted by Crippen LogP contribution is -2.18. The van der Waals surface area contributed by atoms with Crippen molar-refractivity contribution in [2.24, 2.45) is 0 Å². The van der Waals surface area contributed by atoms with Crippen LogP contribution in [0.15, 0.2) is 0 Å². The van der Waals surface area contributed by atoms with Gasteiger partial charge in [0.25, 0.3) is 0 Å². The molecule has 0 aromatic carbocycles. The zero-order valence-corrected chi connectivity index (χ0v) is 30.0. The molecule has 4 nitrogen and oxygen atoms in total. The molecule has 0 rings (SSSR count). The van der Waals surface area contributed by atoms with Gasteiger partial charge in [0.15, 0.2) is 0 Å². The highest BCUT2D eigenvalue weighted by Crippen LogP contribution is 2.19. The van der Waals surface area contributed by atoms with Gasteiger partial charge in [0.2, 0.25) is 0 Å². The lowest BCUT2D eigenvalue weighted by molar-refractivity contribution is -0.150. The fourth-order valence-electron chi connectivity index (χ4n) is 6.36. The number of carboxylic acid groups (broad SMARTS) is 1.